The zero-order chi connectivity index (χ0) is 11.4. The second-order valence-corrected chi connectivity index (χ2v) is 3.39. The second-order valence-electron chi connectivity index (χ2n) is 3.39. The molecule has 0 bridgehead atoms. The van der Waals surface area contributed by atoms with Crippen molar-refractivity contribution in [3.05, 3.63) is 66.0 Å². The molecular formula is C13H12N2O. The van der Waals surface area contributed by atoms with Crippen LogP contribution in [0, 0.1) is 0 Å². The summed E-state index contributed by atoms with van der Waals surface area (Å²) in [4.78, 5) is 11.3. The molecule has 0 spiro atoms. The molecule has 80 valence electrons. The van der Waals surface area contributed by atoms with Crippen LogP contribution < -0.4 is 11.1 Å². The Morgan fingerprint density at radius 3 is 2.81 bits per heavy atom. The number of allylic oxidation sites excluding steroid dienone is 4. The average molecular weight is 212 g/mol. The van der Waals surface area contributed by atoms with E-state index in [9.17, 15) is 4.79 Å². The molecule has 0 aromatic heterocycles. The molecule has 1 aliphatic heterocycles. The van der Waals surface area contributed by atoms with Crippen molar-refractivity contribution in [1.82, 2.24) is 5.32 Å². The molecule has 3 N–H and O–H groups in total. The van der Waals surface area contributed by atoms with Gasteiger partial charge in [0.15, 0.2) is 0 Å². The number of nitrogens with one attached hydrogen (secondary N) is 1. The summed E-state index contributed by atoms with van der Waals surface area (Å²) < 4.78 is 0. The van der Waals surface area contributed by atoms with Crippen LogP contribution in [0.15, 0.2) is 54.9 Å². The van der Waals surface area contributed by atoms with E-state index in [1.165, 1.54) is 0 Å². The fraction of sp³-hybridized carbons (Fsp3) is 0. The van der Waals surface area contributed by atoms with Gasteiger partial charge >= 0.3 is 0 Å². The Balaban J connectivity index is 2.51. The van der Waals surface area contributed by atoms with E-state index in [1.54, 1.807) is 12.1 Å². The summed E-state index contributed by atoms with van der Waals surface area (Å²) in [6, 6.07) is 7.31. The molecule has 16 heavy (non-hydrogen) atoms. The molecule has 1 aromatic carbocycles. The summed E-state index contributed by atoms with van der Waals surface area (Å²) in [6.07, 6.45) is 9.34. The fourth-order valence-corrected chi connectivity index (χ4v) is 1.59. The van der Waals surface area contributed by atoms with Crippen LogP contribution in [0.5, 0.6) is 0 Å². The Bertz CT molecular complexity index is 498. The number of amides is 1. The highest BCUT2D eigenvalue weighted by molar-refractivity contribution is 5.99. The number of carbonyl (C=O) groups excluding carboxylic acids is 1. The Kier molecular flexibility index (Phi) is 2.87. The molecule has 3 heteroatoms. The van der Waals surface area contributed by atoms with Crippen LogP contribution >= 0.6 is 0 Å². The fourth-order valence-electron chi connectivity index (χ4n) is 1.59. The van der Waals surface area contributed by atoms with Crippen molar-refractivity contribution in [3.63, 3.8) is 0 Å². The first-order valence-corrected chi connectivity index (χ1v) is 4.97. The summed E-state index contributed by atoms with van der Waals surface area (Å²) in [7, 11) is 0. The van der Waals surface area contributed by atoms with Gasteiger partial charge in [-0.1, -0.05) is 24.3 Å². The molecule has 1 aromatic rings. The predicted octanol–water partition coefficient (Wildman–Crippen LogP) is 1.80. The van der Waals surface area contributed by atoms with E-state index in [-0.39, 0.29) is 0 Å². The van der Waals surface area contributed by atoms with E-state index in [4.69, 9.17) is 5.73 Å². The Morgan fingerprint density at radius 1 is 1.19 bits per heavy atom. The SMILES string of the molecule is NC(=O)c1ccccc1C1=CC=CNC=C1. The standard InChI is InChI=1S/C13H12N2O/c14-13(16)12-6-2-1-5-11(12)10-4-3-8-15-9-7-10/h1-9,15H,(H2,14,16). The lowest BCUT2D eigenvalue weighted by molar-refractivity contribution is 0.1000. The lowest BCUT2D eigenvalue weighted by Gasteiger charge is -2.06. The number of hydrogen-bond acceptors (Lipinski definition) is 2. The van der Waals surface area contributed by atoms with Gasteiger partial charge in [0.1, 0.15) is 0 Å². The van der Waals surface area contributed by atoms with Crippen LogP contribution in [-0.4, -0.2) is 5.91 Å². The minimum absolute atomic E-state index is 0.411. The van der Waals surface area contributed by atoms with E-state index < -0.39 is 5.91 Å². The third-order valence-corrected chi connectivity index (χ3v) is 2.33. The lowest BCUT2D eigenvalue weighted by Crippen LogP contribution is -2.13. The van der Waals surface area contributed by atoms with E-state index in [2.05, 4.69) is 5.32 Å². The maximum Gasteiger partial charge on any atom is 0.249 e. The van der Waals surface area contributed by atoms with Crippen molar-refractivity contribution in [1.29, 1.82) is 0 Å². The van der Waals surface area contributed by atoms with Crippen molar-refractivity contribution in [2.45, 2.75) is 0 Å². The van der Waals surface area contributed by atoms with Gasteiger partial charge in [0.25, 0.3) is 0 Å². The van der Waals surface area contributed by atoms with Gasteiger partial charge in [0.2, 0.25) is 5.91 Å². The Morgan fingerprint density at radius 2 is 2.00 bits per heavy atom. The van der Waals surface area contributed by atoms with Gasteiger partial charge in [0, 0.05) is 18.0 Å². The van der Waals surface area contributed by atoms with Gasteiger partial charge in [-0.3, -0.25) is 4.79 Å². The average Bonchev–Trinajstić information content (AvgIpc) is 2.57. The summed E-state index contributed by atoms with van der Waals surface area (Å²) in [5.41, 5.74) is 7.67. The minimum atomic E-state index is -0.411. The monoisotopic (exact) mass is 212 g/mol. The summed E-state index contributed by atoms with van der Waals surface area (Å²) in [5.74, 6) is -0.411. The van der Waals surface area contributed by atoms with Crippen molar-refractivity contribution in [2.75, 3.05) is 0 Å². The zero-order valence-corrected chi connectivity index (χ0v) is 8.68. The third kappa shape index (κ3) is 2.03. The molecule has 0 unspecified atom stereocenters. The number of primary amides is 1. The molecule has 1 heterocycles. The molecule has 0 saturated heterocycles. The maximum atomic E-state index is 11.3. The van der Waals surface area contributed by atoms with Crippen LogP contribution in [0.2, 0.25) is 0 Å². The van der Waals surface area contributed by atoms with Gasteiger partial charge in [-0.2, -0.15) is 0 Å². The summed E-state index contributed by atoms with van der Waals surface area (Å²) >= 11 is 0. The quantitative estimate of drug-likeness (QED) is 0.785. The van der Waals surface area contributed by atoms with Gasteiger partial charge in [-0.25, -0.2) is 0 Å². The van der Waals surface area contributed by atoms with Crippen LogP contribution in [0.3, 0.4) is 0 Å². The van der Waals surface area contributed by atoms with E-state index >= 15 is 0 Å². The van der Waals surface area contributed by atoms with Gasteiger partial charge < -0.3 is 11.1 Å². The zero-order valence-electron chi connectivity index (χ0n) is 8.68. The Hall–Kier alpha value is -2.29. The third-order valence-electron chi connectivity index (χ3n) is 2.33. The first-order valence-electron chi connectivity index (χ1n) is 4.97. The molecule has 0 atom stereocenters. The van der Waals surface area contributed by atoms with Crippen molar-refractivity contribution >= 4 is 11.5 Å². The van der Waals surface area contributed by atoms with E-state index in [1.807, 2.05) is 42.8 Å². The largest absolute Gasteiger partial charge is 0.368 e. The highest BCUT2D eigenvalue weighted by Crippen LogP contribution is 2.20. The number of carbonyl (C=O) groups is 1. The number of benzene rings is 1. The van der Waals surface area contributed by atoms with E-state index in [0.717, 1.165) is 11.1 Å². The highest BCUT2D eigenvalue weighted by atomic mass is 16.1. The molecule has 0 aliphatic carbocycles. The van der Waals surface area contributed by atoms with Crippen LogP contribution in [0.1, 0.15) is 15.9 Å². The summed E-state index contributed by atoms with van der Waals surface area (Å²) in [5, 5.41) is 2.97. The summed E-state index contributed by atoms with van der Waals surface area (Å²) in [6.45, 7) is 0. The molecular weight excluding hydrogens is 200 g/mol. The molecule has 1 aliphatic rings. The minimum Gasteiger partial charge on any atom is -0.368 e. The van der Waals surface area contributed by atoms with Crippen LogP contribution in [0.25, 0.3) is 5.57 Å². The molecule has 3 nitrogen and oxygen atoms in total. The molecule has 0 fully saturated rings. The van der Waals surface area contributed by atoms with Gasteiger partial charge in [0.05, 0.1) is 0 Å². The van der Waals surface area contributed by atoms with E-state index in [0.29, 0.717) is 5.56 Å². The lowest BCUT2D eigenvalue weighted by atomic mass is 9.99. The van der Waals surface area contributed by atoms with Gasteiger partial charge in [-0.05, 0) is 29.4 Å². The van der Waals surface area contributed by atoms with Gasteiger partial charge in [-0.15, -0.1) is 0 Å². The maximum absolute atomic E-state index is 11.3. The predicted molar refractivity (Wildman–Crippen MR) is 64.4 cm³/mol. The molecule has 0 saturated carbocycles. The number of rotatable bonds is 2. The molecule has 1 amide bonds. The molecule has 0 radical (unpaired) electrons. The van der Waals surface area contributed by atoms with Crippen molar-refractivity contribution in [2.24, 2.45) is 5.73 Å². The Labute approximate surface area is 94.0 Å². The number of hydrogen-bond donors (Lipinski definition) is 2. The van der Waals surface area contributed by atoms with Crippen LogP contribution in [0.4, 0.5) is 0 Å². The number of nitrogens with two attached hydrogens (primary N) is 1. The normalized spacial score (nSPS) is 13.9. The topological polar surface area (TPSA) is 55.1 Å². The van der Waals surface area contributed by atoms with Crippen LogP contribution in [-0.2, 0) is 0 Å². The molecule has 2 rings (SSSR count). The second kappa shape index (κ2) is 4.49. The highest BCUT2D eigenvalue weighted by Gasteiger charge is 2.09. The first kappa shape index (κ1) is 10.2. The smallest absolute Gasteiger partial charge is 0.249 e. The van der Waals surface area contributed by atoms with Crippen molar-refractivity contribution < 1.29 is 4.79 Å². The first-order chi connectivity index (χ1) is 7.79. The van der Waals surface area contributed by atoms with Crippen molar-refractivity contribution in [3.8, 4) is 0 Å².